The van der Waals surface area contributed by atoms with Crippen LogP contribution in [0, 0.1) is 11.8 Å². The van der Waals surface area contributed by atoms with Crippen LogP contribution < -0.4 is 10.6 Å². The Bertz CT molecular complexity index is 498. The van der Waals surface area contributed by atoms with Gasteiger partial charge >= 0.3 is 0 Å². The summed E-state index contributed by atoms with van der Waals surface area (Å²) in [6.45, 7) is 8.56. The molecule has 1 atom stereocenters. The molecule has 4 nitrogen and oxygen atoms in total. The molecule has 1 aromatic carbocycles. The van der Waals surface area contributed by atoms with Gasteiger partial charge in [0.05, 0.1) is 5.92 Å². The second kappa shape index (κ2) is 8.79. The first kappa shape index (κ1) is 18.5. The number of nitrogens with one attached hydrogen (secondary N) is 2. The molecule has 5 heteroatoms. The van der Waals surface area contributed by atoms with Gasteiger partial charge in [0.25, 0.3) is 0 Å². The Morgan fingerprint density at radius 2 is 1.45 bits per heavy atom. The lowest BCUT2D eigenvalue weighted by Crippen LogP contribution is -2.39. The van der Waals surface area contributed by atoms with Crippen LogP contribution in [0.1, 0.15) is 39.2 Å². The number of carbonyl (C=O) groups is 2. The van der Waals surface area contributed by atoms with E-state index in [1.807, 2.05) is 39.8 Å². The van der Waals surface area contributed by atoms with E-state index in [1.54, 1.807) is 12.1 Å². The van der Waals surface area contributed by atoms with Gasteiger partial charge in [-0.25, -0.2) is 0 Å². The van der Waals surface area contributed by atoms with Gasteiger partial charge in [0.2, 0.25) is 11.8 Å². The molecule has 0 aliphatic rings. The summed E-state index contributed by atoms with van der Waals surface area (Å²) in [5.41, 5.74) is 0.947. The zero-order valence-corrected chi connectivity index (χ0v) is 14.4. The number of halogens is 1. The highest BCUT2D eigenvalue weighted by Gasteiger charge is 2.23. The van der Waals surface area contributed by atoms with E-state index >= 15 is 0 Å². The molecule has 0 aromatic heterocycles. The van der Waals surface area contributed by atoms with Gasteiger partial charge in [-0.2, -0.15) is 0 Å². The fourth-order valence-corrected chi connectivity index (χ4v) is 2.32. The quantitative estimate of drug-likeness (QED) is 0.758. The number of benzene rings is 1. The summed E-state index contributed by atoms with van der Waals surface area (Å²) in [6, 6.07) is 7.35. The van der Waals surface area contributed by atoms with Crippen LogP contribution in [0.2, 0.25) is 5.02 Å². The third kappa shape index (κ3) is 5.68. The summed E-state index contributed by atoms with van der Waals surface area (Å²) in [5, 5.41) is 6.32. The summed E-state index contributed by atoms with van der Waals surface area (Å²) in [4.78, 5) is 23.8. The predicted octanol–water partition coefficient (Wildman–Crippen LogP) is 2.97. The minimum atomic E-state index is -0.224. The van der Waals surface area contributed by atoms with E-state index in [0.29, 0.717) is 18.1 Å². The summed E-state index contributed by atoms with van der Waals surface area (Å²) < 4.78 is 0. The lowest BCUT2D eigenvalue weighted by molar-refractivity contribution is -0.125. The Labute approximate surface area is 137 Å². The third-order valence-corrected chi connectivity index (χ3v) is 3.68. The van der Waals surface area contributed by atoms with Gasteiger partial charge in [-0.05, 0) is 23.6 Å². The van der Waals surface area contributed by atoms with Crippen LogP contribution in [0.25, 0.3) is 0 Å². The maximum Gasteiger partial charge on any atom is 0.227 e. The Balaban J connectivity index is 2.56. The molecule has 22 heavy (non-hydrogen) atoms. The number of rotatable bonds is 7. The van der Waals surface area contributed by atoms with E-state index in [9.17, 15) is 9.59 Å². The predicted molar refractivity (Wildman–Crippen MR) is 89.9 cm³/mol. The molecular weight excluding hydrogens is 300 g/mol. The Kier molecular flexibility index (Phi) is 7.39. The SMILES string of the molecule is CC(C)C(=O)NCCNC(=O)[C@H](c1ccc(Cl)cc1)C(C)C. The average molecular weight is 325 g/mol. The zero-order chi connectivity index (χ0) is 16.7. The standard InChI is InChI=1S/C17H25ClN2O2/c1-11(2)15(13-5-7-14(18)8-6-13)17(22)20-10-9-19-16(21)12(3)4/h5-8,11-12,15H,9-10H2,1-4H3,(H,19,21)(H,20,22)/t15-/m0/s1. The minimum Gasteiger partial charge on any atom is -0.354 e. The topological polar surface area (TPSA) is 58.2 Å². The lowest BCUT2D eigenvalue weighted by atomic mass is 9.87. The van der Waals surface area contributed by atoms with Crippen molar-refractivity contribution in [1.29, 1.82) is 0 Å². The largest absolute Gasteiger partial charge is 0.354 e. The molecule has 2 amide bonds. The molecule has 1 rings (SSSR count). The van der Waals surface area contributed by atoms with Gasteiger partial charge < -0.3 is 10.6 Å². The molecular formula is C17H25ClN2O2. The molecule has 0 unspecified atom stereocenters. The van der Waals surface area contributed by atoms with E-state index in [0.717, 1.165) is 5.56 Å². The van der Waals surface area contributed by atoms with Crippen molar-refractivity contribution >= 4 is 23.4 Å². The molecule has 1 aromatic rings. The first-order valence-corrected chi connectivity index (χ1v) is 8.01. The monoisotopic (exact) mass is 324 g/mol. The molecule has 0 aliphatic heterocycles. The molecule has 0 saturated heterocycles. The molecule has 0 saturated carbocycles. The highest BCUT2D eigenvalue weighted by molar-refractivity contribution is 6.30. The van der Waals surface area contributed by atoms with Crippen LogP contribution in [-0.4, -0.2) is 24.9 Å². The molecule has 0 bridgehead atoms. The third-order valence-electron chi connectivity index (χ3n) is 3.43. The summed E-state index contributed by atoms with van der Waals surface area (Å²) in [7, 11) is 0. The first-order chi connectivity index (χ1) is 10.3. The van der Waals surface area contributed by atoms with Crippen molar-refractivity contribution in [2.45, 2.75) is 33.6 Å². The van der Waals surface area contributed by atoms with Crippen molar-refractivity contribution in [1.82, 2.24) is 10.6 Å². The van der Waals surface area contributed by atoms with Crippen LogP contribution in [0.15, 0.2) is 24.3 Å². The van der Waals surface area contributed by atoms with Gasteiger partial charge in [-0.3, -0.25) is 9.59 Å². The van der Waals surface area contributed by atoms with Gasteiger partial charge in [-0.1, -0.05) is 51.4 Å². The second-order valence-corrected chi connectivity index (χ2v) is 6.45. The molecule has 0 spiro atoms. The smallest absolute Gasteiger partial charge is 0.227 e. The van der Waals surface area contributed by atoms with Gasteiger partial charge in [0, 0.05) is 24.0 Å². The Morgan fingerprint density at radius 1 is 0.955 bits per heavy atom. The van der Waals surface area contributed by atoms with Crippen molar-refractivity contribution in [2.75, 3.05) is 13.1 Å². The zero-order valence-electron chi connectivity index (χ0n) is 13.7. The normalized spacial score (nSPS) is 12.3. The van der Waals surface area contributed by atoms with Gasteiger partial charge in [0.15, 0.2) is 0 Å². The molecule has 2 N–H and O–H groups in total. The number of carbonyl (C=O) groups excluding carboxylic acids is 2. The fourth-order valence-electron chi connectivity index (χ4n) is 2.19. The first-order valence-electron chi connectivity index (χ1n) is 7.63. The van der Waals surface area contributed by atoms with Crippen molar-refractivity contribution in [2.24, 2.45) is 11.8 Å². The van der Waals surface area contributed by atoms with E-state index < -0.39 is 0 Å². The van der Waals surface area contributed by atoms with Crippen LogP contribution in [0.5, 0.6) is 0 Å². The van der Waals surface area contributed by atoms with Crippen molar-refractivity contribution in [3.8, 4) is 0 Å². The highest BCUT2D eigenvalue weighted by Crippen LogP contribution is 2.25. The molecule has 122 valence electrons. The van der Waals surface area contributed by atoms with Crippen LogP contribution in [-0.2, 0) is 9.59 Å². The summed E-state index contributed by atoms with van der Waals surface area (Å²) in [5.74, 6) is -0.138. The van der Waals surface area contributed by atoms with Crippen LogP contribution in [0.4, 0.5) is 0 Å². The van der Waals surface area contributed by atoms with E-state index in [1.165, 1.54) is 0 Å². The molecule has 0 fully saturated rings. The van der Waals surface area contributed by atoms with E-state index in [2.05, 4.69) is 10.6 Å². The van der Waals surface area contributed by atoms with E-state index in [-0.39, 0.29) is 29.6 Å². The Morgan fingerprint density at radius 3 is 1.91 bits per heavy atom. The molecule has 0 radical (unpaired) electrons. The van der Waals surface area contributed by atoms with Crippen LogP contribution in [0.3, 0.4) is 0 Å². The van der Waals surface area contributed by atoms with Crippen molar-refractivity contribution in [3.05, 3.63) is 34.9 Å². The fraction of sp³-hybridized carbons (Fsp3) is 0.529. The Hall–Kier alpha value is -1.55. The second-order valence-electron chi connectivity index (χ2n) is 6.01. The lowest BCUT2D eigenvalue weighted by Gasteiger charge is -2.21. The number of hydrogen-bond acceptors (Lipinski definition) is 2. The number of amides is 2. The maximum absolute atomic E-state index is 12.4. The van der Waals surface area contributed by atoms with Crippen molar-refractivity contribution in [3.63, 3.8) is 0 Å². The summed E-state index contributed by atoms with van der Waals surface area (Å²) in [6.07, 6.45) is 0. The van der Waals surface area contributed by atoms with Crippen LogP contribution >= 0.6 is 11.6 Å². The average Bonchev–Trinajstić information content (AvgIpc) is 2.45. The van der Waals surface area contributed by atoms with Gasteiger partial charge in [-0.15, -0.1) is 0 Å². The molecule has 0 heterocycles. The molecule has 0 aliphatic carbocycles. The number of hydrogen-bond donors (Lipinski definition) is 2. The van der Waals surface area contributed by atoms with E-state index in [4.69, 9.17) is 11.6 Å². The van der Waals surface area contributed by atoms with Crippen molar-refractivity contribution < 1.29 is 9.59 Å². The maximum atomic E-state index is 12.4. The minimum absolute atomic E-state index is 0.00707. The van der Waals surface area contributed by atoms with Gasteiger partial charge in [0.1, 0.15) is 0 Å². The highest BCUT2D eigenvalue weighted by atomic mass is 35.5. The summed E-state index contributed by atoms with van der Waals surface area (Å²) >= 11 is 5.89.